The third-order valence-corrected chi connectivity index (χ3v) is 5.74. The monoisotopic (exact) mass is 307 g/mol. The summed E-state index contributed by atoms with van der Waals surface area (Å²) in [6.45, 7) is 7.81. The van der Waals surface area contributed by atoms with E-state index in [0.717, 1.165) is 37.6 Å². The van der Waals surface area contributed by atoms with Crippen LogP contribution in [-0.4, -0.2) is 45.9 Å². The first kappa shape index (κ1) is 15.0. The zero-order valence-electron chi connectivity index (χ0n) is 13.1. The molecule has 2 aliphatic heterocycles. The largest absolute Gasteiger partial charge is 0.336 e. The maximum absolute atomic E-state index is 12.0. The second-order valence-corrected chi connectivity index (χ2v) is 7.59. The molecule has 1 aromatic heterocycles. The van der Waals surface area contributed by atoms with Crippen LogP contribution in [0.2, 0.25) is 0 Å². The van der Waals surface area contributed by atoms with Crippen LogP contribution in [0.1, 0.15) is 49.7 Å². The van der Waals surface area contributed by atoms with E-state index in [-0.39, 0.29) is 11.4 Å². The Labute approximate surface area is 131 Å². The van der Waals surface area contributed by atoms with Gasteiger partial charge in [-0.1, -0.05) is 0 Å². The van der Waals surface area contributed by atoms with Crippen molar-refractivity contribution in [3.63, 3.8) is 0 Å². The van der Waals surface area contributed by atoms with E-state index in [1.807, 2.05) is 0 Å². The summed E-state index contributed by atoms with van der Waals surface area (Å²) >= 11 is 1.72. The molecule has 0 saturated carbocycles. The SMILES string of the molecule is CC(=O)N1CCCCC12CCCN(Cc1csc(C)n1)C2. The molecule has 0 aromatic carbocycles. The fourth-order valence-corrected chi connectivity index (χ4v) is 4.67. The third kappa shape index (κ3) is 3.14. The van der Waals surface area contributed by atoms with Crippen molar-refractivity contribution in [1.29, 1.82) is 0 Å². The number of hydrogen-bond acceptors (Lipinski definition) is 4. The van der Waals surface area contributed by atoms with Gasteiger partial charge in [-0.05, 0) is 45.6 Å². The average Bonchev–Trinajstić information content (AvgIpc) is 2.84. The molecule has 4 nitrogen and oxygen atoms in total. The van der Waals surface area contributed by atoms with E-state index in [1.165, 1.54) is 31.4 Å². The van der Waals surface area contributed by atoms with Crippen molar-refractivity contribution in [2.75, 3.05) is 19.6 Å². The number of rotatable bonds is 2. The molecule has 0 aliphatic carbocycles. The Morgan fingerprint density at radius 2 is 2.14 bits per heavy atom. The lowest BCUT2D eigenvalue weighted by Crippen LogP contribution is -2.61. The lowest BCUT2D eigenvalue weighted by Gasteiger charge is -2.52. The molecule has 1 aromatic rings. The maximum Gasteiger partial charge on any atom is 0.219 e. The molecule has 5 heteroatoms. The summed E-state index contributed by atoms with van der Waals surface area (Å²) in [6.07, 6.45) is 5.94. The molecule has 116 valence electrons. The van der Waals surface area contributed by atoms with Crippen LogP contribution in [0.25, 0.3) is 0 Å². The number of aryl methyl sites for hydroxylation is 1. The van der Waals surface area contributed by atoms with Crippen molar-refractivity contribution in [2.24, 2.45) is 0 Å². The van der Waals surface area contributed by atoms with Crippen LogP contribution < -0.4 is 0 Å². The van der Waals surface area contributed by atoms with Crippen molar-refractivity contribution in [3.05, 3.63) is 16.1 Å². The predicted octanol–water partition coefficient (Wildman–Crippen LogP) is 2.82. The van der Waals surface area contributed by atoms with Crippen LogP contribution in [-0.2, 0) is 11.3 Å². The Kier molecular flexibility index (Phi) is 4.31. The molecule has 2 saturated heterocycles. The molecule has 2 fully saturated rings. The first-order valence-electron chi connectivity index (χ1n) is 8.01. The minimum Gasteiger partial charge on any atom is -0.336 e. The summed E-state index contributed by atoms with van der Waals surface area (Å²) < 4.78 is 0. The standard InChI is InChI=1S/C16H25N3OS/c1-13-17-15(11-21-13)10-18-8-5-7-16(12-18)6-3-4-9-19(16)14(2)20/h11H,3-10,12H2,1-2H3. The first-order chi connectivity index (χ1) is 10.1. The van der Waals surface area contributed by atoms with Crippen LogP contribution in [0.4, 0.5) is 0 Å². The number of aromatic nitrogens is 1. The van der Waals surface area contributed by atoms with Crippen molar-refractivity contribution in [1.82, 2.24) is 14.8 Å². The molecule has 0 radical (unpaired) electrons. The van der Waals surface area contributed by atoms with Gasteiger partial charge in [-0.3, -0.25) is 9.69 Å². The van der Waals surface area contributed by atoms with E-state index in [0.29, 0.717) is 0 Å². The summed E-state index contributed by atoms with van der Waals surface area (Å²) in [5.74, 6) is 0.251. The van der Waals surface area contributed by atoms with E-state index in [4.69, 9.17) is 0 Å². The predicted molar refractivity (Wildman–Crippen MR) is 85.3 cm³/mol. The molecule has 1 spiro atoms. The summed E-state index contributed by atoms with van der Waals surface area (Å²) in [4.78, 5) is 21.3. The number of nitrogens with zero attached hydrogens (tertiary/aromatic N) is 3. The normalized spacial score (nSPS) is 27.2. The number of piperidine rings is 2. The van der Waals surface area contributed by atoms with Crippen molar-refractivity contribution >= 4 is 17.2 Å². The van der Waals surface area contributed by atoms with Crippen LogP contribution >= 0.6 is 11.3 Å². The minimum absolute atomic E-state index is 0.0907. The van der Waals surface area contributed by atoms with E-state index >= 15 is 0 Å². The van der Waals surface area contributed by atoms with Crippen molar-refractivity contribution in [2.45, 2.75) is 58.0 Å². The van der Waals surface area contributed by atoms with Crippen LogP contribution in [0.15, 0.2) is 5.38 Å². The second-order valence-electron chi connectivity index (χ2n) is 6.52. The van der Waals surface area contributed by atoms with Gasteiger partial charge in [0, 0.05) is 31.9 Å². The van der Waals surface area contributed by atoms with Crippen LogP contribution in [0.3, 0.4) is 0 Å². The average molecular weight is 307 g/mol. The van der Waals surface area contributed by atoms with Gasteiger partial charge in [0.1, 0.15) is 0 Å². The summed E-state index contributed by atoms with van der Waals surface area (Å²) in [5.41, 5.74) is 1.27. The summed E-state index contributed by atoms with van der Waals surface area (Å²) in [5, 5.41) is 3.31. The maximum atomic E-state index is 12.0. The van der Waals surface area contributed by atoms with Gasteiger partial charge in [0.15, 0.2) is 0 Å². The molecule has 21 heavy (non-hydrogen) atoms. The Balaban J connectivity index is 1.73. The molecular formula is C16H25N3OS. The van der Waals surface area contributed by atoms with E-state index < -0.39 is 0 Å². The quantitative estimate of drug-likeness (QED) is 0.843. The highest BCUT2D eigenvalue weighted by molar-refractivity contribution is 7.09. The lowest BCUT2D eigenvalue weighted by atomic mass is 9.79. The van der Waals surface area contributed by atoms with Gasteiger partial charge in [-0.2, -0.15) is 0 Å². The van der Waals surface area contributed by atoms with Gasteiger partial charge in [-0.15, -0.1) is 11.3 Å². The van der Waals surface area contributed by atoms with Crippen molar-refractivity contribution in [3.8, 4) is 0 Å². The fourth-order valence-electron chi connectivity index (χ4n) is 4.06. The second kappa shape index (κ2) is 6.05. The molecule has 0 bridgehead atoms. The number of carbonyl (C=O) groups excluding carboxylic acids is 1. The molecular weight excluding hydrogens is 282 g/mol. The number of hydrogen-bond donors (Lipinski definition) is 0. The first-order valence-corrected chi connectivity index (χ1v) is 8.89. The van der Waals surface area contributed by atoms with E-state index in [9.17, 15) is 4.79 Å². The van der Waals surface area contributed by atoms with Crippen LogP contribution in [0.5, 0.6) is 0 Å². The summed E-state index contributed by atoms with van der Waals surface area (Å²) in [7, 11) is 0. The van der Waals surface area contributed by atoms with Gasteiger partial charge >= 0.3 is 0 Å². The number of thiazole rings is 1. The molecule has 3 rings (SSSR count). The van der Waals surface area contributed by atoms with E-state index in [1.54, 1.807) is 18.3 Å². The van der Waals surface area contributed by atoms with Crippen LogP contribution in [0, 0.1) is 6.92 Å². The number of amides is 1. The molecule has 1 atom stereocenters. The smallest absolute Gasteiger partial charge is 0.219 e. The number of carbonyl (C=O) groups is 1. The van der Waals surface area contributed by atoms with Gasteiger partial charge < -0.3 is 4.90 Å². The molecule has 0 N–H and O–H groups in total. The van der Waals surface area contributed by atoms with Crippen molar-refractivity contribution < 1.29 is 4.79 Å². The summed E-state index contributed by atoms with van der Waals surface area (Å²) in [6, 6.07) is 0. The molecule has 1 amide bonds. The van der Waals surface area contributed by atoms with E-state index in [2.05, 4.69) is 27.1 Å². The number of likely N-dealkylation sites (tertiary alicyclic amines) is 2. The van der Waals surface area contributed by atoms with Gasteiger partial charge in [0.2, 0.25) is 5.91 Å². The third-order valence-electron chi connectivity index (χ3n) is 4.91. The highest BCUT2D eigenvalue weighted by Gasteiger charge is 2.43. The lowest BCUT2D eigenvalue weighted by molar-refractivity contribution is -0.141. The molecule has 1 unspecified atom stereocenters. The highest BCUT2D eigenvalue weighted by atomic mass is 32.1. The fraction of sp³-hybridized carbons (Fsp3) is 0.750. The molecule has 2 aliphatic rings. The van der Waals surface area contributed by atoms with Gasteiger partial charge in [-0.25, -0.2) is 4.98 Å². The highest BCUT2D eigenvalue weighted by Crippen LogP contribution is 2.36. The molecule has 3 heterocycles. The van der Waals surface area contributed by atoms with Gasteiger partial charge in [0.05, 0.1) is 16.2 Å². The Morgan fingerprint density at radius 1 is 1.33 bits per heavy atom. The zero-order chi connectivity index (χ0) is 14.9. The topological polar surface area (TPSA) is 36.4 Å². The van der Waals surface area contributed by atoms with Gasteiger partial charge in [0.25, 0.3) is 0 Å². The minimum atomic E-state index is 0.0907. The zero-order valence-corrected chi connectivity index (χ0v) is 13.9. The Morgan fingerprint density at radius 3 is 2.86 bits per heavy atom. The Bertz CT molecular complexity index is 511. The Hall–Kier alpha value is -0.940.